The van der Waals surface area contributed by atoms with E-state index in [1.807, 2.05) is 19.1 Å². The van der Waals surface area contributed by atoms with Gasteiger partial charge in [0.25, 0.3) is 5.91 Å². The van der Waals surface area contributed by atoms with Gasteiger partial charge in [-0.3, -0.25) is 4.79 Å². The monoisotopic (exact) mass is 435 g/mol. The maximum Gasteiger partial charge on any atom is 0.349 e. The maximum atomic E-state index is 12.5. The molecule has 1 heterocycles. The van der Waals surface area contributed by atoms with Crippen LogP contribution in [-0.2, 0) is 4.79 Å². The molecule has 3 aromatic rings. The second kappa shape index (κ2) is 9.68. The Hall–Kier alpha value is -3.61. The van der Waals surface area contributed by atoms with E-state index in [-0.39, 0.29) is 29.5 Å². The molecular weight excluding hydrogens is 410 g/mol. The number of rotatable bonds is 6. The first kappa shape index (κ1) is 21.6. The van der Waals surface area contributed by atoms with Gasteiger partial charge in [0, 0.05) is 17.5 Å². The molecule has 32 heavy (non-hydrogen) atoms. The van der Waals surface area contributed by atoms with Crippen LogP contribution in [0, 0.1) is 6.92 Å². The minimum atomic E-state index is -0.725. The molecule has 2 aromatic carbocycles. The molecule has 1 aliphatic carbocycles. The Morgan fingerprint density at radius 2 is 1.72 bits per heavy atom. The minimum Gasteiger partial charge on any atom is -0.482 e. The molecule has 7 heteroatoms. The Labute approximate surface area is 185 Å². The lowest BCUT2D eigenvalue weighted by molar-refractivity contribution is -0.136. The summed E-state index contributed by atoms with van der Waals surface area (Å²) in [6.45, 7) is 1.70. The topological polar surface area (TPSA) is 94.8 Å². The van der Waals surface area contributed by atoms with Crippen LogP contribution < -0.4 is 20.4 Å². The largest absolute Gasteiger partial charge is 0.482 e. The predicted molar refractivity (Wildman–Crippen MR) is 119 cm³/mol. The number of benzene rings is 2. The van der Waals surface area contributed by atoms with E-state index in [1.54, 1.807) is 24.3 Å². The highest BCUT2D eigenvalue weighted by molar-refractivity contribution is 5.97. The number of fused-ring (bicyclic) bond motifs is 1. The van der Waals surface area contributed by atoms with E-state index in [1.165, 1.54) is 18.6 Å². The van der Waals surface area contributed by atoms with Gasteiger partial charge in [-0.25, -0.2) is 9.59 Å². The van der Waals surface area contributed by atoms with Gasteiger partial charge in [0.15, 0.2) is 6.61 Å². The third-order valence-corrected chi connectivity index (χ3v) is 5.50. The van der Waals surface area contributed by atoms with Crippen LogP contribution in [0.3, 0.4) is 0 Å². The predicted octanol–water partition coefficient (Wildman–Crippen LogP) is 4.15. The van der Waals surface area contributed by atoms with Crippen molar-refractivity contribution in [1.82, 2.24) is 5.32 Å². The molecule has 0 radical (unpaired) electrons. The summed E-state index contributed by atoms with van der Waals surface area (Å²) in [4.78, 5) is 37.0. The van der Waals surface area contributed by atoms with Gasteiger partial charge in [-0.2, -0.15) is 0 Å². The van der Waals surface area contributed by atoms with Crippen molar-refractivity contribution in [1.29, 1.82) is 0 Å². The Balaban J connectivity index is 1.41. The van der Waals surface area contributed by atoms with E-state index >= 15 is 0 Å². The summed E-state index contributed by atoms with van der Waals surface area (Å²) in [5, 5.41) is 3.49. The summed E-state index contributed by atoms with van der Waals surface area (Å²) in [7, 11) is 0. The summed E-state index contributed by atoms with van der Waals surface area (Å²) in [6, 6.07) is 13.6. The molecule has 7 nitrogen and oxygen atoms in total. The molecule has 166 valence electrons. The molecule has 0 saturated heterocycles. The number of hydrogen-bond acceptors (Lipinski definition) is 6. The average molecular weight is 435 g/mol. The van der Waals surface area contributed by atoms with Gasteiger partial charge in [-0.1, -0.05) is 37.0 Å². The Bertz CT molecular complexity index is 1180. The third kappa shape index (κ3) is 5.35. The van der Waals surface area contributed by atoms with Crippen LogP contribution in [0.4, 0.5) is 0 Å². The number of ether oxygens (including phenoxy) is 2. The van der Waals surface area contributed by atoms with E-state index in [0.29, 0.717) is 11.1 Å². The van der Waals surface area contributed by atoms with Crippen molar-refractivity contribution < 1.29 is 23.5 Å². The Morgan fingerprint density at radius 1 is 1.00 bits per heavy atom. The zero-order valence-corrected chi connectivity index (χ0v) is 17.9. The fraction of sp³-hybridized carbons (Fsp3) is 0.320. The van der Waals surface area contributed by atoms with Gasteiger partial charge in [-0.05, 0) is 50.1 Å². The summed E-state index contributed by atoms with van der Waals surface area (Å²) >= 11 is 0. The van der Waals surface area contributed by atoms with E-state index in [2.05, 4.69) is 5.32 Å². The van der Waals surface area contributed by atoms with Crippen molar-refractivity contribution >= 4 is 22.8 Å². The van der Waals surface area contributed by atoms with Crippen LogP contribution in [0.1, 0.15) is 48.0 Å². The number of carbonyl (C=O) groups excluding carboxylic acids is 2. The molecule has 0 unspecified atom stereocenters. The van der Waals surface area contributed by atoms with E-state index in [9.17, 15) is 14.4 Å². The lowest BCUT2D eigenvalue weighted by atomic mass is 9.95. The van der Waals surface area contributed by atoms with Crippen molar-refractivity contribution in [2.24, 2.45) is 0 Å². The SMILES string of the molecule is Cc1ccc(OCC(=O)Oc2ccc3cc(C(=O)NC4CCCCC4)c(=O)oc3c2)cc1. The molecule has 0 atom stereocenters. The molecule has 1 N–H and O–H groups in total. The van der Waals surface area contributed by atoms with Crippen LogP contribution in [0.5, 0.6) is 11.5 Å². The first-order chi connectivity index (χ1) is 15.5. The maximum absolute atomic E-state index is 12.5. The number of carbonyl (C=O) groups is 2. The highest BCUT2D eigenvalue weighted by Gasteiger charge is 2.20. The van der Waals surface area contributed by atoms with Gasteiger partial charge in [-0.15, -0.1) is 0 Å². The van der Waals surface area contributed by atoms with Gasteiger partial charge < -0.3 is 19.2 Å². The normalized spacial score (nSPS) is 14.2. The second-order valence-electron chi connectivity index (χ2n) is 8.03. The number of esters is 1. The molecule has 1 fully saturated rings. The van der Waals surface area contributed by atoms with Crippen molar-refractivity contribution in [3.8, 4) is 11.5 Å². The number of hydrogen-bond donors (Lipinski definition) is 1. The minimum absolute atomic E-state index is 0.0284. The molecule has 0 spiro atoms. The number of amides is 1. The number of nitrogens with one attached hydrogen (secondary N) is 1. The van der Waals surface area contributed by atoms with Crippen LogP contribution in [0.25, 0.3) is 11.0 Å². The summed E-state index contributed by atoms with van der Waals surface area (Å²) in [5.74, 6) is -0.222. The van der Waals surface area contributed by atoms with Gasteiger partial charge in [0.05, 0.1) is 0 Å². The summed E-state index contributed by atoms with van der Waals surface area (Å²) in [5.41, 5.74) is 0.567. The fourth-order valence-corrected chi connectivity index (χ4v) is 3.76. The molecule has 0 aliphatic heterocycles. The molecule has 4 rings (SSSR count). The highest BCUT2D eigenvalue weighted by atomic mass is 16.6. The summed E-state index contributed by atoms with van der Waals surface area (Å²) < 4.78 is 16.0. The smallest absolute Gasteiger partial charge is 0.349 e. The van der Waals surface area contributed by atoms with Crippen LogP contribution in [0.2, 0.25) is 0 Å². The van der Waals surface area contributed by atoms with Crippen LogP contribution >= 0.6 is 0 Å². The molecule has 1 saturated carbocycles. The summed E-state index contributed by atoms with van der Waals surface area (Å²) in [6.07, 6.45) is 5.18. The Kier molecular flexibility index (Phi) is 6.54. The van der Waals surface area contributed by atoms with Crippen molar-refractivity contribution in [2.75, 3.05) is 6.61 Å². The first-order valence-electron chi connectivity index (χ1n) is 10.8. The zero-order chi connectivity index (χ0) is 22.5. The van der Waals surface area contributed by atoms with E-state index < -0.39 is 17.5 Å². The molecule has 1 aromatic heterocycles. The van der Waals surface area contributed by atoms with Crippen molar-refractivity contribution in [2.45, 2.75) is 45.1 Å². The Morgan fingerprint density at radius 3 is 2.47 bits per heavy atom. The van der Waals surface area contributed by atoms with Gasteiger partial charge >= 0.3 is 11.6 Å². The standard InChI is InChI=1S/C25H25NO6/c1-16-7-10-19(11-8-16)30-15-23(27)31-20-12-9-17-13-21(25(29)32-22(17)14-20)24(28)26-18-5-3-2-4-6-18/h7-14,18H,2-6,15H2,1H3,(H,26,28). The molecule has 1 aliphatic rings. The third-order valence-electron chi connectivity index (χ3n) is 5.50. The lowest BCUT2D eigenvalue weighted by Crippen LogP contribution is -2.38. The zero-order valence-electron chi connectivity index (χ0n) is 17.9. The highest BCUT2D eigenvalue weighted by Crippen LogP contribution is 2.22. The van der Waals surface area contributed by atoms with Crippen LogP contribution in [0.15, 0.2) is 57.7 Å². The van der Waals surface area contributed by atoms with Crippen LogP contribution in [-0.4, -0.2) is 24.5 Å². The number of aryl methyl sites for hydroxylation is 1. The van der Waals surface area contributed by atoms with Gasteiger partial charge in [0.2, 0.25) is 0 Å². The van der Waals surface area contributed by atoms with E-state index in [0.717, 1.165) is 31.2 Å². The lowest BCUT2D eigenvalue weighted by Gasteiger charge is -2.22. The molecule has 0 bridgehead atoms. The first-order valence-corrected chi connectivity index (χ1v) is 10.8. The molecular formula is C25H25NO6. The van der Waals surface area contributed by atoms with Gasteiger partial charge in [0.1, 0.15) is 22.6 Å². The average Bonchev–Trinajstić information content (AvgIpc) is 2.79. The van der Waals surface area contributed by atoms with E-state index in [4.69, 9.17) is 13.9 Å². The van der Waals surface area contributed by atoms with Crippen molar-refractivity contribution in [3.63, 3.8) is 0 Å². The molecule has 1 amide bonds. The van der Waals surface area contributed by atoms with Crippen molar-refractivity contribution in [3.05, 3.63) is 70.1 Å². The second-order valence-corrected chi connectivity index (χ2v) is 8.03. The quantitative estimate of drug-likeness (QED) is 0.355. The fourth-order valence-electron chi connectivity index (χ4n) is 3.76.